The van der Waals surface area contributed by atoms with E-state index in [0.29, 0.717) is 11.1 Å². The second kappa shape index (κ2) is 8.14. The van der Waals surface area contributed by atoms with E-state index in [1.807, 2.05) is 55.5 Å². The van der Waals surface area contributed by atoms with Gasteiger partial charge < -0.3 is 0 Å². The molecule has 0 amide bonds. The Morgan fingerprint density at radius 2 is 1.55 bits per heavy atom. The van der Waals surface area contributed by atoms with Gasteiger partial charge in [0.1, 0.15) is 5.83 Å². The molecule has 0 spiro atoms. The summed E-state index contributed by atoms with van der Waals surface area (Å²) in [6.07, 6.45) is 5.19. The molecule has 2 aromatic carbocycles. The average molecular weight is 293 g/mol. The van der Waals surface area contributed by atoms with Gasteiger partial charge >= 0.3 is 0 Å². The SMILES string of the molecule is CCCC=C(F)c1ccc(CCc2ccc(C#N)cc2)cc1. The smallest absolute Gasteiger partial charge is 0.126 e. The minimum atomic E-state index is -0.138. The Morgan fingerprint density at radius 1 is 1.00 bits per heavy atom. The van der Waals surface area contributed by atoms with E-state index in [1.54, 1.807) is 6.08 Å². The highest BCUT2D eigenvalue weighted by molar-refractivity contribution is 5.59. The van der Waals surface area contributed by atoms with Crippen LogP contribution in [0.5, 0.6) is 0 Å². The number of hydrogen-bond acceptors (Lipinski definition) is 1. The number of halogens is 1. The lowest BCUT2D eigenvalue weighted by Crippen LogP contribution is -1.92. The van der Waals surface area contributed by atoms with Gasteiger partial charge in [-0.25, -0.2) is 4.39 Å². The first kappa shape index (κ1) is 16.0. The van der Waals surface area contributed by atoms with E-state index in [0.717, 1.165) is 25.7 Å². The molecule has 0 radical (unpaired) electrons. The molecular weight excluding hydrogens is 273 g/mol. The maximum absolute atomic E-state index is 13.8. The van der Waals surface area contributed by atoms with Gasteiger partial charge in [-0.3, -0.25) is 0 Å². The summed E-state index contributed by atoms with van der Waals surface area (Å²) in [7, 11) is 0. The summed E-state index contributed by atoms with van der Waals surface area (Å²) in [5.41, 5.74) is 3.73. The fourth-order valence-corrected chi connectivity index (χ4v) is 2.25. The molecule has 0 heterocycles. The summed E-state index contributed by atoms with van der Waals surface area (Å²) in [4.78, 5) is 0. The third-order valence-corrected chi connectivity index (χ3v) is 3.63. The fraction of sp³-hybridized carbons (Fsp3) is 0.250. The number of nitriles is 1. The second-order valence-electron chi connectivity index (χ2n) is 5.35. The van der Waals surface area contributed by atoms with Gasteiger partial charge in [0.15, 0.2) is 0 Å². The zero-order chi connectivity index (χ0) is 15.8. The van der Waals surface area contributed by atoms with E-state index in [-0.39, 0.29) is 5.83 Å². The van der Waals surface area contributed by atoms with Crippen molar-refractivity contribution in [2.24, 2.45) is 0 Å². The highest BCUT2D eigenvalue weighted by Gasteiger charge is 2.01. The van der Waals surface area contributed by atoms with Crippen LogP contribution < -0.4 is 0 Å². The van der Waals surface area contributed by atoms with Gasteiger partial charge in [0.05, 0.1) is 11.6 Å². The van der Waals surface area contributed by atoms with E-state index < -0.39 is 0 Å². The molecule has 2 aromatic rings. The lowest BCUT2D eigenvalue weighted by Gasteiger charge is -2.04. The molecule has 0 N–H and O–H groups in total. The highest BCUT2D eigenvalue weighted by Crippen LogP contribution is 2.18. The highest BCUT2D eigenvalue weighted by atomic mass is 19.1. The molecule has 0 bridgehead atoms. The summed E-state index contributed by atoms with van der Waals surface area (Å²) >= 11 is 0. The first-order chi connectivity index (χ1) is 10.7. The van der Waals surface area contributed by atoms with Gasteiger partial charge in [-0.1, -0.05) is 49.7 Å². The van der Waals surface area contributed by atoms with Gasteiger partial charge in [-0.05, 0) is 48.6 Å². The molecule has 2 rings (SSSR count). The van der Waals surface area contributed by atoms with Crippen molar-refractivity contribution in [2.75, 3.05) is 0 Å². The molecule has 0 aliphatic rings. The molecule has 0 aliphatic heterocycles. The zero-order valence-electron chi connectivity index (χ0n) is 12.8. The molecule has 1 nitrogen and oxygen atoms in total. The van der Waals surface area contributed by atoms with Crippen molar-refractivity contribution in [3.8, 4) is 6.07 Å². The molecular formula is C20H20FN. The minimum absolute atomic E-state index is 0.138. The maximum Gasteiger partial charge on any atom is 0.126 e. The largest absolute Gasteiger partial charge is 0.207 e. The Balaban J connectivity index is 1.95. The summed E-state index contributed by atoms with van der Waals surface area (Å²) in [6, 6.07) is 17.4. The van der Waals surface area contributed by atoms with Crippen LogP contribution >= 0.6 is 0 Å². The van der Waals surface area contributed by atoms with Gasteiger partial charge in [0.2, 0.25) is 0 Å². The van der Waals surface area contributed by atoms with Crippen molar-refractivity contribution in [1.29, 1.82) is 5.26 Å². The molecule has 0 aliphatic carbocycles. The van der Waals surface area contributed by atoms with Crippen molar-refractivity contribution in [1.82, 2.24) is 0 Å². The van der Waals surface area contributed by atoms with Crippen molar-refractivity contribution in [2.45, 2.75) is 32.6 Å². The summed E-state index contributed by atoms with van der Waals surface area (Å²) in [5, 5.41) is 8.78. The normalized spacial score (nSPS) is 11.2. The van der Waals surface area contributed by atoms with Crippen LogP contribution in [-0.2, 0) is 12.8 Å². The lowest BCUT2D eigenvalue weighted by molar-refractivity contribution is 0.750. The Morgan fingerprint density at radius 3 is 2.05 bits per heavy atom. The number of unbranched alkanes of at least 4 members (excludes halogenated alkanes) is 1. The van der Waals surface area contributed by atoms with E-state index in [1.165, 1.54) is 11.1 Å². The summed E-state index contributed by atoms with van der Waals surface area (Å²) in [6.45, 7) is 2.04. The maximum atomic E-state index is 13.8. The standard InChI is InChI=1S/C20H20FN/c1-2-3-4-20(21)19-13-11-17(12-14-19)6-5-16-7-9-18(15-22)10-8-16/h4,7-14H,2-3,5-6H2,1H3. The number of nitrogens with zero attached hydrogens (tertiary/aromatic N) is 1. The number of hydrogen-bond donors (Lipinski definition) is 0. The first-order valence-electron chi connectivity index (χ1n) is 7.67. The van der Waals surface area contributed by atoms with Crippen LogP contribution in [0.2, 0.25) is 0 Å². The Kier molecular flexibility index (Phi) is 5.91. The fourth-order valence-electron chi connectivity index (χ4n) is 2.25. The predicted octanol–water partition coefficient (Wildman–Crippen LogP) is 5.45. The van der Waals surface area contributed by atoms with E-state index >= 15 is 0 Å². The van der Waals surface area contributed by atoms with Crippen molar-refractivity contribution >= 4 is 5.83 Å². The Hall–Kier alpha value is -2.40. The van der Waals surface area contributed by atoms with Crippen LogP contribution in [0, 0.1) is 11.3 Å². The van der Waals surface area contributed by atoms with Gasteiger partial charge in [0, 0.05) is 5.56 Å². The number of allylic oxidation sites excluding steroid dienone is 1. The van der Waals surface area contributed by atoms with E-state index in [4.69, 9.17) is 5.26 Å². The van der Waals surface area contributed by atoms with Gasteiger partial charge in [0.25, 0.3) is 0 Å². The van der Waals surface area contributed by atoms with Crippen LogP contribution in [0.15, 0.2) is 54.6 Å². The minimum Gasteiger partial charge on any atom is -0.207 e. The van der Waals surface area contributed by atoms with Crippen LogP contribution in [-0.4, -0.2) is 0 Å². The van der Waals surface area contributed by atoms with Crippen LogP contribution in [0.1, 0.15) is 42.0 Å². The molecule has 22 heavy (non-hydrogen) atoms. The zero-order valence-corrected chi connectivity index (χ0v) is 12.8. The van der Waals surface area contributed by atoms with Crippen LogP contribution in [0.3, 0.4) is 0 Å². The molecule has 0 unspecified atom stereocenters. The third-order valence-electron chi connectivity index (χ3n) is 3.63. The number of aryl methyl sites for hydroxylation is 2. The molecule has 112 valence electrons. The van der Waals surface area contributed by atoms with Crippen LogP contribution in [0.4, 0.5) is 4.39 Å². The quantitative estimate of drug-likeness (QED) is 0.694. The first-order valence-corrected chi connectivity index (χ1v) is 7.67. The Labute approximate surface area is 131 Å². The molecule has 0 fully saturated rings. The molecule has 2 heteroatoms. The van der Waals surface area contributed by atoms with Crippen molar-refractivity contribution in [3.05, 3.63) is 76.9 Å². The monoisotopic (exact) mass is 293 g/mol. The van der Waals surface area contributed by atoms with Crippen molar-refractivity contribution in [3.63, 3.8) is 0 Å². The van der Waals surface area contributed by atoms with Crippen LogP contribution in [0.25, 0.3) is 5.83 Å². The second-order valence-corrected chi connectivity index (χ2v) is 5.35. The molecule has 0 saturated carbocycles. The molecule has 0 saturated heterocycles. The number of rotatable bonds is 6. The van der Waals surface area contributed by atoms with E-state index in [9.17, 15) is 4.39 Å². The molecule has 0 aromatic heterocycles. The average Bonchev–Trinajstić information content (AvgIpc) is 2.58. The predicted molar refractivity (Wildman–Crippen MR) is 89.0 cm³/mol. The van der Waals surface area contributed by atoms with Gasteiger partial charge in [-0.15, -0.1) is 0 Å². The topological polar surface area (TPSA) is 23.8 Å². The molecule has 0 atom stereocenters. The van der Waals surface area contributed by atoms with E-state index in [2.05, 4.69) is 6.07 Å². The van der Waals surface area contributed by atoms with Crippen molar-refractivity contribution < 1.29 is 4.39 Å². The van der Waals surface area contributed by atoms with Gasteiger partial charge in [-0.2, -0.15) is 5.26 Å². The third kappa shape index (κ3) is 4.56. The summed E-state index contributed by atoms with van der Waals surface area (Å²) in [5.74, 6) is -0.138. The number of benzene rings is 2. The Bertz CT molecular complexity index is 660. The summed E-state index contributed by atoms with van der Waals surface area (Å²) < 4.78 is 13.8. The lowest BCUT2D eigenvalue weighted by atomic mass is 10.0.